The summed E-state index contributed by atoms with van der Waals surface area (Å²) >= 11 is 0. The van der Waals surface area contributed by atoms with Crippen molar-refractivity contribution in [3.05, 3.63) is 23.5 Å². The molecule has 2 bridgehead atoms. The van der Waals surface area contributed by atoms with Crippen LogP contribution in [0.25, 0.3) is 0 Å². The highest BCUT2D eigenvalue weighted by molar-refractivity contribution is 7.86. The maximum absolute atomic E-state index is 15.0. The number of ketones is 1. The van der Waals surface area contributed by atoms with Gasteiger partial charge in [-0.1, -0.05) is 33.8 Å². The molecule has 0 spiro atoms. The molecule has 8 atom stereocenters. The fraction of sp³-hybridized carbons (Fsp3) is 0.724. The lowest BCUT2D eigenvalue weighted by Crippen LogP contribution is -2.64. The summed E-state index contributed by atoms with van der Waals surface area (Å²) in [5.41, 5.74) is 4.59. The average Bonchev–Trinajstić information content (AvgIpc) is 3.48. The summed E-state index contributed by atoms with van der Waals surface area (Å²) in [4.78, 5) is 27.0. The van der Waals surface area contributed by atoms with Crippen LogP contribution in [0.1, 0.15) is 65.4 Å². The molecule has 1 aliphatic heterocycles. The molecule has 5 rings (SSSR count). The van der Waals surface area contributed by atoms with Gasteiger partial charge in [-0.25, -0.2) is 9.18 Å². The van der Waals surface area contributed by atoms with Crippen molar-refractivity contribution in [2.24, 2.45) is 39.7 Å². The van der Waals surface area contributed by atoms with E-state index in [0.29, 0.717) is 18.4 Å². The molecule has 3 aliphatic carbocycles. The Bertz CT molecular complexity index is 1380. The van der Waals surface area contributed by atoms with Crippen LogP contribution in [0.4, 0.5) is 4.39 Å². The topological polar surface area (TPSA) is 151 Å². The zero-order valence-corrected chi connectivity index (χ0v) is 25.7. The molecule has 10 nitrogen and oxygen atoms in total. The Kier molecular flexibility index (Phi) is 8.09. The Morgan fingerprint density at radius 1 is 1.26 bits per heavy atom. The molecule has 4 aliphatic rings. The summed E-state index contributed by atoms with van der Waals surface area (Å²) < 4.78 is 62.5. The van der Waals surface area contributed by atoms with Gasteiger partial charge in [-0.05, 0) is 54.6 Å². The Labute approximate surface area is 247 Å². The van der Waals surface area contributed by atoms with Crippen LogP contribution in [0.3, 0.4) is 0 Å². The number of hydrogen-bond acceptors (Lipinski definition) is 10. The fourth-order valence-electron chi connectivity index (χ4n) is 8.62. The van der Waals surface area contributed by atoms with Gasteiger partial charge in [-0.15, -0.1) is 0 Å². The second kappa shape index (κ2) is 10.8. The predicted molar refractivity (Wildman–Crippen MR) is 151 cm³/mol. The number of nitrogens with two attached hydrogens (primary N) is 1. The van der Waals surface area contributed by atoms with E-state index in [-0.39, 0.29) is 48.4 Å². The monoisotopic (exact) mass is 609 g/mol. The molecule has 232 valence electrons. The van der Waals surface area contributed by atoms with Gasteiger partial charge in [-0.3, -0.25) is 8.98 Å². The minimum Gasteiger partial charge on any atom is -0.479 e. The van der Waals surface area contributed by atoms with E-state index in [0.717, 1.165) is 19.1 Å². The van der Waals surface area contributed by atoms with Crippen LogP contribution < -0.4 is 15.9 Å². The second-order valence-electron chi connectivity index (χ2n) is 13.4. The molecule has 1 heterocycles. The number of fused-ring (bicyclic) bond motifs is 1. The zero-order chi connectivity index (χ0) is 30.8. The maximum atomic E-state index is 15.0. The first kappa shape index (κ1) is 31.4. The van der Waals surface area contributed by atoms with Crippen molar-refractivity contribution in [1.82, 2.24) is 0 Å². The fourth-order valence-corrected chi connectivity index (χ4v) is 9.40. The first-order valence-corrected chi connectivity index (χ1v) is 16.4. The first-order chi connectivity index (χ1) is 19.6. The van der Waals surface area contributed by atoms with Crippen LogP contribution in [0.5, 0.6) is 5.75 Å². The number of carbonyl (C=O) groups is 2. The van der Waals surface area contributed by atoms with Gasteiger partial charge in [0.05, 0.1) is 19.0 Å². The van der Waals surface area contributed by atoms with Crippen LogP contribution in [-0.4, -0.2) is 63.9 Å². The van der Waals surface area contributed by atoms with Crippen LogP contribution in [-0.2, 0) is 39.9 Å². The van der Waals surface area contributed by atoms with Crippen molar-refractivity contribution in [1.29, 1.82) is 0 Å². The third-order valence-corrected chi connectivity index (χ3v) is 11.7. The predicted octanol–water partition coefficient (Wildman–Crippen LogP) is 2.09. The minimum atomic E-state index is -3.89. The van der Waals surface area contributed by atoms with Crippen molar-refractivity contribution in [2.45, 2.75) is 78.6 Å². The number of ether oxygens (including phenoxy) is 2. The molecule has 0 saturated heterocycles. The molecule has 0 radical (unpaired) electrons. The number of benzene rings is 1. The summed E-state index contributed by atoms with van der Waals surface area (Å²) in [7, 11) is -5.30. The molecule has 0 aromatic heterocycles. The van der Waals surface area contributed by atoms with E-state index in [4.69, 9.17) is 24.0 Å². The third kappa shape index (κ3) is 4.98. The van der Waals surface area contributed by atoms with Gasteiger partial charge < -0.3 is 24.9 Å². The normalized spacial score (nSPS) is 38.0. The van der Waals surface area contributed by atoms with E-state index in [2.05, 4.69) is 6.92 Å². The van der Waals surface area contributed by atoms with Crippen molar-refractivity contribution in [3.8, 4) is 5.75 Å². The molecule has 3 N–H and O–H groups in total. The highest BCUT2D eigenvalue weighted by Crippen LogP contribution is 2.68. The Morgan fingerprint density at radius 2 is 1.98 bits per heavy atom. The molecule has 0 unspecified atom stereocenters. The number of hydrogen-bond donors (Lipinski definition) is 2. The summed E-state index contributed by atoms with van der Waals surface area (Å²) in [6.45, 7) is 7.40. The summed E-state index contributed by atoms with van der Waals surface area (Å²) in [5.74, 6) is -2.47. The van der Waals surface area contributed by atoms with Gasteiger partial charge >= 0.3 is 13.1 Å². The lowest BCUT2D eigenvalue weighted by Gasteiger charge is -2.62. The first-order valence-electron chi connectivity index (χ1n) is 14.6. The zero-order valence-electron chi connectivity index (χ0n) is 24.9. The van der Waals surface area contributed by atoms with Gasteiger partial charge in [0.2, 0.25) is 0 Å². The molecule has 13 heteroatoms. The summed E-state index contributed by atoms with van der Waals surface area (Å²) in [5, 5.41) is 9.95. The molecular formula is C29H41BFNO9S. The number of esters is 1. The van der Waals surface area contributed by atoms with Gasteiger partial charge in [0.1, 0.15) is 11.9 Å². The Morgan fingerprint density at radius 3 is 2.64 bits per heavy atom. The van der Waals surface area contributed by atoms with Crippen molar-refractivity contribution in [3.63, 3.8) is 0 Å². The quantitative estimate of drug-likeness (QED) is 0.267. The van der Waals surface area contributed by atoms with Crippen LogP contribution >= 0.6 is 0 Å². The number of Topliss-reactive ketones (excluding diaryl/α,β-unsaturated/α-hetero) is 1. The number of carbonyl (C=O) groups excluding carboxylic acids is 2. The number of rotatable bonds is 7. The maximum Gasteiger partial charge on any atom is 0.494 e. The molecular weight excluding hydrogens is 568 g/mol. The van der Waals surface area contributed by atoms with Crippen molar-refractivity contribution >= 4 is 34.5 Å². The van der Waals surface area contributed by atoms with E-state index in [1.54, 1.807) is 6.07 Å². The van der Waals surface area contributed by atoms with E-state index >= 15 is 4.39 Å². The van der Waals surface area contributed by atoms with Crippen molar-refractivity contribution in [2.75, 3.05) is 19.4 Å². The van der Waals surface area contributed by atoms with Crippen LogP contribution in [0, 0.1) is 39.8 Å². The standard InChI is InChI=1S/C29H41BFNO9S/c1-16-8-10-29-11-9-19(33)25(29)28(16,4)21(12-27(3,15-32)26(17(29)2)41-42(5,36)37)40-22(34)14-38-20-7-6-18-13-39-30(35)23(18)24(20)31/h6-7,16-17,21,25-26,35H,8-15,32H2,1-5H3/t16-,17+,21-,25+,26+,27+,28+,29+/m1/s1. The number of halogens is 1. The average molecular weight is 610 g/mol. The highest BCUT2D eigenvalue weighted by Gasteiger charge is 2.69. The third-order valence-electron chi connectivity index (χ3n) is 11.1. The lowest BCUT2D eigenvalue weighted by atomic mass is 9.44. The van der Waals surface area contributed by atoms with Gasteiger partial charge in [0, 0.05) is 35.2 Å². The molecule has 3 fully saturated rings. The van der Waals surface area contributed by atoms with Crippen LogP contribution in [0.15, 0.2) is 12.1 Å². The summed E-state index contributed by atoms with van der Waals surface area (Å²) in [6.07, 6.45) is 1.97. The smallest absolute Gasteiger partial charge is 0.479 e. The van der Waals surface area contributed by atoms with E-state index in [1.807, 2.05) is 20.8 Å². The Hall–Kier alpha value is -2.06. The van der Waals surface area contributed by atoms with E-state index in [9.17, 15) is 23.0 Å². The SMILES string of the molecule is C[C@@H]1CC[C@@]23CCC(=O)[C@H]2[C@]1(C)[C@H](OC(=O)COc1ccc2c(c1F)B(O)OC2)C[C@@](C)(CN)[C@@H](OS(C)(=O)=O)[C@@H]3C. The molecule has 0 amide bonds. The molecule has 42 heavy (non-hydrogen) atoms. The second-order valence-corrected chi connectivity index (χ2v) is 15.0. The molecule has 1 aromatic carbocycles. The van der Waals surface area contributed by atoms with Crippen LogP contribution in [0.2, 0.25) is 0 Å². The van der Waals surface area contributed by atoms with Gasteiger partial charge in [0.15, 0.2) is 18.2 Å². The van der Waals surface area contributed by atoms with Gasteiger partial charge in [0.25, 0.3) is 10.1 Å². The van der Waals surface area contributed by atoms with Crippen molar-refractivity contribution < 1.29 is 45.7 Å². The highest BCUT2D eigenvalue weighted by atomic mass is 32.2. The molecule has 1 aromatic rings. The summed E-state index contributed by atoms with van der Waals surface area (Å²) in [6, 6.07) is 2.94. The Balaban J connectivity index is 1.49. The van der Waals surface area contributed by atoms with E-state index < -0.39 is 70.0 Å². The molecule has 3 saturated carbocycles. The van der Waals surface area contributed by atoms with E-state index in [1.165, 1.54) is 6.07 Å². The minimum absolute atomic E-state index is 0.00800. The largest absolute Gasteiger partial charge is 0.494 e. The van der Waals surface area contributed by atoms with Gasteiger partial charge in [-0.2, -0.15) is 8.42 Å². The lowest BCUT2D eigenvalue weighted by molar-refractivity contribution is -0.208.